The van der Waals surface area contributed by atoms with Gasteiger partial charge in [0.1, 0.15) is 5.78 Å². The molecule has 0 radical (unpaired) electrons. The predicted molar refractivity (Wildman–Crippen MR) is 52.6 cm³/mol. The maximum atomic E-state index is 11.8. The van der Waals surface area contributed by atoms with Gasteiger partial charge in [-0.3, -0.25) is 4.79 Å². The average molecular weight is 181 g/mol. The summed E-state index contributed by atoms with van der Waals surface area (Å²) in [5.74, 6) is 0.797. The van der Waals surface area contributed by atoms with Gasteiger partial charge in [0, 0.05) is 23.9 Å². The second kappa shape index (κ2) is 3.09. The molecule has 1 saturated carbocycles. The molecule has 1 N–H and O–H groups in total. The smallest absolute Gasteiger partial charge is 0.139 e. The van der Waals surface area contributed by atoms with Crippen LogP contribution < -0.4 is 5.32 Å². The van der Waals surface area contributed by atoms with E-state index >= 15 is 0 Å². The molecule has 3 atom stereocenters. The highest BCUT2D eigenvalue weighted by atomic mass is 16.1. The Morgan fingerprint density at radius 3 is 3.00 bits per heavy atom. The summed E-state index contributed by atoms with van der Waals surface area (Å²) in [5.41, 5.74) is 0.118. The summed E-state index contributed by atoms with van der Waals surface area (Å²) in [6.07, 6.45) is 5.53. The molecule has 0 bridgehead atoms. The van der Waals surface area contributed by atoms with Gasteiger partial charge in [-0.25, -0.2) is 0 Å². The number of fused-ring (bicyclic) bond motifs is 1. The van der Waals surface area contributed by atoms with Gasteiger partial charge in [0.05, 0.1) is 0 Å². The SMILES string of the molecule is C[C@H]1CC(=O)[C@@H]2CCCC[C@]2(C)N1. The molecular formula is C11H19NO. The zero-order chi connectivity index (χ0) is 9.47. The Morgan fingerprint density at radius 2 is 2.23 bits per heavy atom. The van der Waals surface area contributed by atoms with E-state index < -0.39 is 0 Å². The highest BCUT2D eigenvalue weighted by Gasteiger charge is 2.44. The Hall–Kier alpha value is -0.370. The normalized spacial score (nSPS) is 45.8. The quantitative estimate of drug-likeness (QED) is 0.618. The van der Waals surface area contributed by atoms with Crippen LogP contribution in [0.2, 0.25) is 0 Å². The number of hydrogen-bond acceptors (Lipinski definition) is 2. The second-order valence-corrected chi connectivity index (χ2v) is 4.93. The third-order valence-corrected chi connectivity index (χ3v) is 3.68. The molecule has 0 aromatic rings. The topological polar surface area (TPSA) is 29.1 Å². The Balaban J connectivity index is 2.20. The van der Waals surface area contributed by atoms with Gasteiger partial charge in [0.2, 0.25) is 0 Å². The van der Waals surface area contributed by atoms with Crippen molar-refractivity contribution in [3.05, 3.63) is 0 Å². The summed E-state index contributed by atoms with van der Waals surface area (Å²) >= 11 is 0. The van der Waals surface area contributed by atoms with Crippen LogP contribution in [0.5, 0.6) is 0 Å². The summed E-state index contributed by atoms with van der Waals surface area (Å²) in [6.45, 7) is 4.35. The fourth-order valence-corrected chi connectivity index (χ4v) is 3.08. The first-order valence-electron chi connectivity index (χ1n) is 5.42. The molecule has 0 aromatic carbocycles. The first-order chi connectivity index (χ1) is 6.12. The lowest BCUT2D eigenvalue weighted by atomic mass is 9.68. The van der Waals surface area contributed by atoms with E-state index in [2.05, 4.69) is 19.2 Å². The molecule has 2 nitrogen and oxygen atoms in total. The molecular weight excluding hydrogens is 162 g/mol. The van der Waals surface area contributed by atoms with Crippen LogP contribution >= 0.6 is 0 Å². The summed E-state index contributed by atoms with van der Waals surface area (Å²) < 4.78 is 0. The van der Waals surface area contributed by atoms with Crippen molar-refractivity contribution in [2.24, 2.45) is 5.92 Å². The molecule has 74 valence electrons. The van der Waals surface area contributed by atoms with Crippen LogP contribution in [-0.4, -0.2) is 17.4 Å². The van der Waals surface area contributed by atoms with Gasteiger partial charge >= 0.3 is 0 Å². The van der Waals surface area contributed by atoms with Crippen molar-refractivity contribution in [3.8, 4) is 0 Å². The van der Waals surface area contributed by atoms with E-state index in [1.54, 1.807) is 0 Å². The van der Waals surface area contributed by atoms with Crippen LogP contribution in [0.25, 0.3) is 0 Å². The standard InChI is InChI=1S/C11H19NO/c1-8-7-10(13)9-5-3-4-6-11(9,2)12-8/h8-9,12H,3-7H2,1-2H3/t8-,9-,11-/m0/s1. The maximum absolute atomic E-state index is 11.8. The van der Waals surface area contributed by atoms with Crippen LogP contribution in [0.4, 0.5) is 0 Å². The molecule has 1 saturated heterocycles. The molecule has 2 aliphatic rings. The lowest BCUT2D eigenvalue weighted by molar-refractivity contribution is -0.130. The number of carbonyl (C=O) groups is 1. The van der Waals surface area contributed by atoms with Crippen molar-refractivity contribution >= 4 is 5.78 Å². The van der Waals surface area contributed by atoms with E-state index in [4.69, 9.17) is 0 Å². The van der Waals surface area contributed by atoms with E-state index in [0.717, 1.165) is 12.8 Å². The van der Waals surface area contributed by atoms with E-state index in [0.29, 0.717) is 17.7 Å². The van der Waals surface area contributed by atoms with Crippen molar-refractivity contribution in [1.29, 1.82) is 0 Å². The third-order valence-electron chi connectivity index (χ3n) is 3.68. The molecule has 0 amide bonds. The molecule has 2 fully saturated rings. The van der Waals surface area contributed by atoms with Crippen molar-refractivity contribution in [1.82, 2.24) is 5.32 Å². The van der Waals surface area contributed by atoms with Crippen molar-refractivity contribution in [2.75, 3.05) is 0 Å². The summed E-state index contributed by atoms with van der Waals surface area (Å²) in [7, 11) is 0. The fourth-order valence-electron chi connectivity index (χ4n) is 3.08. The number of nitrogens with one attached hydrogen (secondary N) is 1. The number of hydrogen-bond donors (Lipinski definition) is 1. The average Bonchev–Trinajstić information content (AvgIpc) is 2.01. The van der Waals surface area contributed by atoms with E-state index in [9.17, 15) is 4.79 Å². The molecule has 0 unspecified atom stereocenters. The zero-order valence-electron chi connectivity index (χ0n) is 8.60. The Kier molecular flexibility index (Phi) is 2.18. The summed E-state index contributed by atoms with van der Waals surface area (Å²) in [6, 6.07) is 0.381. The van der Waals surface area contributed by atoms with Crippen LogP contribution in [0.3, 0.4) is 0 Å². The van der Waals surface area contributed by atoms with Gasteiger partial charge < -0.3 is 5.32 Å². The van der Waals surface area contributed by atoms with E-state index in [1.165, 1.54) is 19.3 Å². The summed E-state index contributed by atoms with van der Waals surface area (Å²) in [4.78, 5) is 11.8. The number of carbonyl (C=O) groups excluding carboxylic acids is 1. The lowest BCUT2D eigenvalue weighted by Crippen LogP contribution is -2.60. The molecule has 13 heavy (non-hydrogen) atoms. The van der Waals surface area contributed by atoms with E-state index in [-0.39, 0.29) is 5.54 Å². The van der Waals surface area contributed by atoms with Crippen molar-refractivity contribution in [2.45, 2.75) is 57.5 Å². The van der Waals surface area contributed by atoms with Gasteiger partial charge in [-0.05, 0) is 26.7 Å². The van der Waals surface area contributed by atoms with Crippen LogP contribution in [0.1, 0.15) is 46.0 Å². The zero-order valence-corrected chi connectivity index (χ0v) is 8.60. The molecule has 0 spiro atoms. The highest BCUT2D eigenvalue weighted by molar-refractivity contribution is 5.84. The van der Waals surface area contributed by atoms with E-state index in [1.807, 2.05) is 0 Å². The number of Topliss-reactive ketones (excluding diaryl/α,β-unsaturated/α-hetero) is 1. The number of piperidine rings is 1. The maximum Gasteiger partial charge on any atom is 0.139 e. The molecule has 1 aliphatic heterocycles. The lowest BCUT2D eigenvalue weighted by Gasteiger charge is -2.47. The minimum atomic E-state index is 0.118. The van der Waals surface area contributed by atoms with Gasteiger partial charge in [-0.2, -0.15) is 0 Å². The summed E-state index contributed by atoms with van der Waals surface area (Å²) in [5, 5.41) is 3.60. The first-order valence-corrected chi connectivity index (χ1v) is 5.42. The molecule has 2 rings (SSSR count). The largest absolute Gasteiger partial charge is 0.308 e. The predicted octanol–water partition coefficient (Wildman–Crippen LogP) is 1.89. The van der Waals surface area contributed by atoms with Gasteiger partial charge in [0.25, 0.3) is 0 Å². The molecule has 1 heterocycles. The van der Waals surface area contributed by atoms with Gasteiger partial charge in [-0.1, -0.05) is 12.8 Å². The van der Waals surface area contributed by atoms with Gasteiger partial charge in [0.15, 0.2) is 0 Å². The van der Waals surface area contributed by atoms with Gasteiger partial charge in [-0.15, -0.1) is 0 Å². The van der Waals surface area contributed by atoms with Crippen molar-refractivity contribution in [3.63, 3.8) is 0 Å². The highest BCUT2D eigenvalue weighted by Crippen LogP contribution is 2.38. The Bertz CT molecular complexity index is 226. The fraction of sp³-hybridized carbons (Fsp3) is 0.909. The van der Waals surface area contributed by atoms with Crippen LogP contribution in [0.15, 0.2) is 0 Å². The van der Waals surface area contributed by atoms with Crippen LogP contribution in [0, 0.1) is 5.92 Å². The monoisotopic (exact) mass is 181 g/mol. The minimum Gasteiger partial charge on any atom is -0.308 e. The number of ketones is 1. The molecule has 1 aliphatic carbocycles. The molecule has 2 heteroatoms. The Morgan fingerprint density at radius 1 is 1.46 bits per heavy atom. The third kappa shape index (κ3) is 1.52. The van der Waals surface area contributed by atoms with Crippen molar-refractivity contribution < 1.29 is 4.79 Å². The van der Waals surface area contributed by atoms with Crippen LogP contribution in [-0.2, 0) is 4.79 Å². The number of rotatable bonds is 0. The molecule has 0 aromatic heterocycles. The second-order valence-electron chi connectivity index (χ2n) is 4.93. The first kappa shape index (κ1) is 9.20. The Labute approximate surface area is 80.1 Å². The minimum absolute atomic E-state index is 0.118.